The van der Waals surface area contributed by atoms with Gasteiger partial charge in [-0.2, -0.15) is 0 Å². The van der Waals surface area contributed by atoms with Crippen LogP contribution < -0.4 is 4.90 Å². The molecule has 1 saturated carbocycles. The minimum Gasteiger partial charge on any atom is -0.349 e. The third kappa shape index (κ3) is 3.20. The molecule has 7 heteroatoms. The van der Waals surface area contributed by atoms with Gasteiger partial charge < -0.3 is 14.4 Å². The molecular weight excluding hydrogens is 358 g/mol. The second-order valence-corrected chi connectivity index (χ2v) is 8.49. The van der Waals surface area contributed by atoms with Crippen LogP contribution in [-0.4, -0.2) is 51.5 Å². The lowest BCUT2D eigenvalue weighted by Gasteiger charge is -2.34. The SMILES string of the molecule is O=C(c1cc2cn(C3CCCC3)cc2s1)N1CCN(c2ncccn2)CC1. The lowest BCUT2D eigenvalue weighted by Crippen LogP contribution is -2.49. The molecule has 1 aliphatic carbocycles. The van der Waals surface area contributed by atoms with E-state index in [-0.39, 0.29) is 5.91 Å². The summed E-state index contributed by atoms with van der Waals surface area (Å²) >= 11 is 1.63. The minimum atomic E-state index is 0.150. The molecule has 1 saturated heterocycles. The summed E-state index contributed by atoms with van der Waals surface area (Å²) in [6.45, 7) is 2.96. The Morgan fingerprint density at radius 1 is 1.04 bits per heavy atom. The van der Waals surface area contributed by atoms with E-state index in [9.17, 15) is 4.79 Å². The zero-order chi connectivity index (χ0) is 18.2. The van der Waals surface area contributed by atoms with E-state index in [0.717, 1.165) is 23.9 Å². The summed E-state index contributed by atoms with van der Waals surface area (Å²) in [4.78, 5) is 26.5. The summed E-state index contributed by atoms with van der Waals surface area (Å²) in [5.74, 6) is 0.896. The summed E-state index contributed by atoms with van der Waals surface area (Å²) in [6.07, 6.45) is 13.2. The molecule has 2 fully saturated rings. The zero-order valence-corrected chi connectivity index (χ0v) is 16.1. The van der Waals surface area contributed by atoms with Gasteiger partial charge in [0.1, 0.15) is 0 Å². The number of aromatic nitrogens is 3. The molecule has 0 radical (unpaired) electrons. The van der Waals surface area contributed by atoms with Crippen LogP contribution in [0.15, 0.2) is 36.9 Å². The average Bonchev–Trinajstić information content (AvgIpc) is 3.44. The first-order valence-electron chi connectivity index (χ1n) is 9.70. The standard InChI is InChI=1S/C20H23N5OS/c26-19(23-8-10-24(11-9-23)20-21-6-3-7-22-20)17-12-15-13-25(14-18(15)27-17)16-4-1-2-5-16/h3,6-7,12-14,16H,1-2,4-5,8-11H2. The molecule has 0 atom stereocenters. The number of carbonyl (C=O) groups excluding carboxylic acids is 1. The van der Waals surface area contributed by atoms with Gasteiger partial charge in [0.15, 0.2) is 0 Å². The smallest absolute Gasteiger partial charge is 0.264 e. The van der Waals surface area contributed by atoms with E-state index in [1.807, 2.05) is 11.0 Å². The van der Waals surface area contributed by atoms with Crippen molar-refractivity contribution in [3.63, 3.8) is 0 Å². The van der Waals surface area contributed by atoms with Crippen molar-refractivity contribution in [3.8, 4) is 0 Å². The van der Waals surface area contributed by atoms with E-state index in [1.54, 1.807) is 23.7 Å². The lowest BCUT2D eigenvalue weighted by molar-refractivity contribution is 0.0751. The predicted octanol–water partition coefficient (Wildman–Crippen LogP) is 3.57. The van der Waals surface area contributed by atoms with E-state index < -0.39 is 0 Å². The predicted molar refractivity (Wildman–Crippen MR) is 107 cm³/mol. The Morgan fingerprint density at radius 2 is 1.78 bits per heavy atom. The van der Waals surface area contributed by atoms with Crippen molar-refractivity contribution in [2.24, 2.45) is 0 Å². The van der Waals surface area contributed by atoms with Gasteiger partial charge in [-0.05, 0) is 25.0 Å². The van der Waals surface area contributed by atoms with Gasteiger partial charge in [0.2, 0.25) is 5.95 Å². The highest BCUT2D eigenvalue weighted by molar-refractivity contribution is 7.20. The fourth-order valence-corrected chi connectivity index (χ4v) is 5.24. The first kappa shape index (κ1) is 16.7. The van der Waals surface area contributed by atoms with Crippen LogP contribution in [-0.2, 0) is 0 Å². The minimum absolute atomic E-state index is 0.150. The van der Waals surface area contributed by atoms with Crippen molar-refractivity contribution >= 4 is 33.3 Å². The van der Waals surface area contributed by atoms with Crippen LogP contribution >= 0.6 is 11.3 Å². The number of hydrogen-bond donors (Lipinski definition) is 0. The van der Waals surface area contributed by atoms with Gasteiger partial charge in [0.25, 0.3) is 5.91 Å². The number of fused-ring (bicyclic) bond motifs is 1. The second-order valence-electron chi connectivity index (χ2n) is 7.40. The number of nitrogens with zero attached hydrogens (tertiary/aromatic N) is 5. The highest BCUT2D eigenvalue weighted by Crippen LogP contribution is 2.34. The van der Waals surface area contributed by atoms with E-state index in [0.29, 0.717) is 19.1 Å². The van der Waals surface area contributed by atoms with Gasteiger partial charge in [-0.3, -0.25) is 4.79 Å². The molecule has 140 valence electrons. The van der Waals surface area contributed by atoms with Crippen molar-refractivity contribution < 1.29 is 4.79 Å². The molecule has 3 aromatic heterocycles. The van der Waals surface area contributed by atoms with Crippen LogP contribution in [0, 0.1) is 0 Å². The number of piperazine rings is 1. The van der Waals surface area contributed by atoms with Crippen molar-refractivity contribution in [1.82, 2.24) is 19.4 Å². The molecular formula is C20H23N5OS. The van der Waals surface area contributed by atoms with Crippen LogP contribution in [0.25, 0.3) is 10.1 Å². The van der Waals surface area contributed by atoms with Gasteiger partial charge in [-0.25, -0.2) is 9.97 Å². The molecule has 0 N–H and O–H groups in total. The number of thiophene rings is 1. The Balaban J connectivity index is 1.26. The monoisotopic (exact) mass is 381 g/mol. The summed E-state index contributed by atoms with van der Waals surface area (Å²) in [5, 5.41) is 1.20. The lowest BCUT2D eigenvalue weighted by atomic mass is 10.2. The van der Waals surface area contributed by atoms with E-state index >= 15 is 0 Å². The summed E-state index contributed by atoms with van der Waals surface area (Å²) in [5.41, 5.74) is 0. The van der Waals surface area contributed by atoms with Crippen LogP contribution in [0.2, 0.25) is 0 Å². The normalized spacial score (nSPS) is 18.5. The third-order valence-electron chi connectivity index (χ3n) is 5.70. The number of hydrogen-bond acceptors (Lipinski definition) is 5. The number of amides is 1. The van der Waals surface area contributed by atoms with Crippen LogP contribution in [0.3, 0.4) is 0 Å². The maximum Gasteiger partial charge on any atom is 0.264 e. The fourth-order valence-electron chi connectivity index (χ4n) is 4.19. The Hall–Kier alpha value is -2.41. The maximum absolute atomic E-state index is 12.9. The van der Waals surface area contributed by atoms with Crippen LogP contribution in [0.5, 0.6) is 0 Å². The molecule has 3 aromatic rings. The third-order valence-corrected chi connectivity index (χ3v) is 6.78. The van der Waals surface area contributed by atoms with Gasteiger partial charge in [0, 0.05) is 62.4 Å². The molecule has 4 heterocycles. The highest BCUT2D eigenvalue weighted by atomic mass is 32.1. The van der Waals surface area contributed by atoms with Crippen molar-refractivity contribution in [1.29, 1.82) is 0 Å². The summed E-state index contributed by atoms with van der Waals surface area (Å²) in [7, 11) is 0. The number of anilines is 1. The van der Waals surface area contributed by atoms with E-state index in [4.69, 9.17) is 0 Å². The molecule has 1 aliphatic heterocycles. The molecule has 2 aliphatic rings. The first-order chi connectivity index (χ1) is 13.3. The molecule has 0 spiro atoms. The van der Waals surface area contributed by atoms with Gasteiger partial charge in [-0.15, -0.1) is 11.3 Å². The van der Waals surface area contributed by atoms with Gasteiger partial charge >= 0.3 is 0 Å². The van der Waals surface area contributed by atoms with Gasteiger partial charge in [-0.1, -0.05) is 12.8 Å². The molecule has 27 heavy (non-hydrogen) atoms. The number of rotatable bonds is 3. The Labute approximate surface area is 162 Å². The second kappa shape index (κ2) is 6.96. The van der Waals surface area contributed by atoms with E-state index in [1.165, 1.54) is 35.8 Å². The maximum atomic E-state index is 12.9. The largest absolute Gasteiger partial charge is 0.349 e. The molecule has 0 aromatic carbocycles. The van der Waals surface area contributed by atoms with Crippen molar-refractivity contribution in [2.45, 2.75) is 31.7 Å². The summed E-state index contributed by atoms with van der Waals surface area (Å²) < 4.78 is 3.59. The average molecular weight is 382 g/mol. The van der Waals surface area contributed by atoms with Crippen molar-refractivity contribution in [3.05, 3.63) is 41.8 Å². The Kier molecular flexibility index (Phi) is 4.32. The number of carbonyl (C=O) groups is 1. The van der Waals surface area contributed by atoms with Gasteiger partial charge in [0.05, 0.1) is 9.58 Å². The zero-order valence-electron chi connectivity index (χ0n) is 15.3. The quantitative estimate of drug-likeness (QED) is 0.696. The molecule has 5 rings (SSSR count). The van der Waals surface area contributed by atoms with Crippen LogP contribution in [0.1, 0.15) is 41.4 Å². The molecule has 0 unspecified atom stereocenters. The van der Waals surface area contributed by atoms with Crippen molar-refractivity contribution in [2.75, 3.05) is 31.1 Å². The molecule has 1 amide bonds. The highest BCUT2D eigenvalue weighted by Gasteiger charge is 2.25. The summed E-state index contributed by atoms with van der Waals surface area (Å²) in [6, 6.07) is 4.54. The molecule has 0 bridgehead atoms. The van der Waals surface area contributed by atoms with Crippen LogP contribution in [0.4, 0.5) is 5.95 Å². The Bertz CT molecular complexity index is 904. The fraction of sp³-hybridized carbons (Fsp3) is 0.450. The Morgan fingerprint density at radius 3 is 2.48 bits per heavy atom. The first-order valence-corrected chi connectivity index (χ1v) is 10.5. The molecule has 6 nitrogen and oxygen atoms in total. The van der Waals surface area contributed by atoms with E-state index in [2.05, 4.69) is 37.9 Å². The topological polar surface area (TPSA) is 54.3 Å².